The van der Waals surface area contributed by atoms with E-state index in [-0.39, 0.29) is 6.29 Å². The summed E-state index contributed by atoms with van der Waals surface area (Å²) < 4.78 is 79.1. The number of hydrogen-bond donors (Lipinski definition) is 20. The van der Waals surface area contributed by atoms with Gasteiger partial charge in [-0.15, -0.1) is 0 Å². The van der Waals surface area contributed by atoms with E-state index in [4.69, 9.17) is 66.3 Å². The zero-order valence-corrected chi connectivity index (χ0v) is 40.1. The Hall–Kier alpha value is -1.69. The van der Waals surface area contributed by atoms with Crippen molar-refractivity contribution in [2.75, 3.05) is 39.6 Å². The van der Waals surface area contributed by atoms with Gasteiger partial charge in [-0.1, -0.05) is 0 Å². The minimum absolute atomic E-state index is 0.0401. The summed E-state index contributed by atoms with van der Waals surface area (Å²) in [6.45, 7) is -6.35. The van der Waals surface area contributed by atoms with Crippen molar-refractivity contribution in [1.29, 1.82) is 0 Å². The van der Waals surface area contributed by atoms with Gasteiger partial charge in [-0.2, -0.15) is 0 Å². The number of aliphatic hydroxyl groups is 20. The van der Waals surface area contributed by atoms with Crippen molar-refractivity contribution in [2.24, 2.45) is 0 Å². The number of ether oxygens (including phenoxy) is 14. The number of aldehydes is 1. The molecule has 21 aliphatic rings. The first kappa shape index (κ1) is 61.4. The largest absolute Gasteiger partial charge is 0.394 e. The van der Waals surface area contributed by atoms with Crippen molar-refractivity contribution >= 4 is 6.29 Å². The Labute approximate surface area is 433 Å². The topological polar surface area (TPSA) is 551 Å². The van der Waals surface area contributed by atoms with Crippen LogP contribution < -0.4 is 0 Å². The second kappa shape index (κ2) is 25.8. The summed E-state index contributed by atoms with van der Waals surface area (Å²) in [5.74, 6) is 0. The molecule has 35 heteroatoms. The fraction of sp³-hybridized carbons (Fsp3) is 0.976. The van der Waals surface area contributed by atoms with E-state index in [0.29, 0.717) is 0 Å². The predicted octanol–water partition coefficient (Wildman–Crippen LogP) is -15.0. The van der Waals surface area contributed by atoms with Gasteiger partial charge in [0.15, 0.2) is 50.3 Å². The fourth-order valence-corrected chi connectivity index (χ4v) is 10.3. The van der Waals surface area contributed by atoms with Gasteiger partial charge in [-0.3, -0.25) is 0 Å². The van der Waals surface area contributed by atoms with Crippen LogP contribution >= 0.6 is 0 Å². The Morgan fingerprint density at radius 2 is 0.377 bits per heavy atom. The molecule has 20 N–H and O–H groups in total. The molecule has 0 aromatic heterocycles. The van der Waals surface area contributed by atoms with Crippen LogP contribution in [0.1, 0.15) is 0 Å². The van der Waals surface area contributed by atoms with E-state index in [0.717, 1.165) is 0 Å². The van der Waals surface area contributed by atoms with Crippen molar-refractivity contribution in [3.05, 3.63) is 0 Å². The highest BCUT2D eigenvalue weighted by Crippen LogP contribution is 2.38. The lowest BCUT2D eigenvalue weighted by Crippen LogP contribution is -2.68. The van der Waals surface area contributed by atoms with Crippen LogP contribution in [-0.2, 0) is 71.1 Å². The molecule has 21 aliphatic heterocycles. The summed E-state index contributed by atoms with van der Waals surface area (Å²) in [6, 6.07) is 0. The van der Waals surface area contributed by atoms with Gasteiger partial charge in [0, 0.05) is 0 Å². The Bertz CT molecular complexity index is 1850. The summed E-state index contributed by atoms with van der Waals surface area (Å²) >= 11 is 0. The molecule has 0 spiro atoms. The van der Waals surface area contributed by atoms with Crippen LogP contribution in [0.15, 0.2) is 0 Å². The number of hydrogen-bond acceptors (Lipinski definition) is 35. The maximum Gasteiger partial charge on any atom is 0.187 e. The molecule has 21 fully saturated rings. The zero-order chi connectivity index (χ0) is 56.1. The maximum absolute atomic E-state index is 12.4. The van der Waals surface area contributed by atoms with Crippen molar-refractivity contribution in [1.82, 2.24) is 0 Å². The standard InChI is InChI=1S/C42H68O35/c43-1-8-29-15(50)22(57)36(64-8)72-30-9(2-44)66-38(24(59)17(30)52)74-32-11(4-46)68-40(26(61)19(32)54)76-34-13(6-48)70-42(28(63)21(34)56)77-35-14(7-49)69-41(27(62)20(35)55)75-33-12(5-47)67-39(25(60)18(33)53)73-31-10(3-45)65-37(71-29)23(58)16(31)51/h1,8-42,44-63H,2-7H2/t8-,9-,10+,11-,12-,13-,14-,15-,16-,17+,18-,19+,20-,21-,22-,23-,24+,25-,26+,27-,28-,29-,30-,31-,32-,33-,34-,35-,36-,37-,38-,39-,40-,41-,42-/m1/s1. The van der Waals surface area contributed by atoms with Gasteiger partial charge in [0.05, 0.1) is 39.6 Å². The lowest BCUT2D eigenvalue weighted by atomic mass is 9.95. The second-order valence-corrected chi connectivity index (χ2v) is 19.5. The van der Waals surface area contributed by atoms with Crippen LogP contribution in [0.4, 0.5) is 0 Å². The summed E-state index contributed by atoms with van der Waals surface area (Å²) in [5, 5.41) is 220. The Kier molecular flexibility index (Phi) is 20.6. The van der Waals surface area contributed by atoms with Crippen LogP contribution in [-0.4, -0.2) is 363 Å². The highest BCUT2D eigenvalue weighted by Gasteiger charge is 2.59. The molecule has 35 atom stereocenters. The molecule has 0 aliphatic carbocycles. The first-order chi connectivity index (χ1) is 36.7. The average Bonchev–Trinajstić information content (AvgIpc) is 3.45. The van der Waals surface area contributed by atoms with Crippen molar-refractivity contribution in [2.45, 2.75) is 215 Å². The second-order valence-electron chi connectivity index (χ2n) is 19.5. The van der Waals surface area contributed by atoms with Crippen LogP contribution in [0.5, 0.6) is 0 Å². The third-order valence-electron chi connectivity index (χ3n) is 14.7. The highest BCUT2D eigenvalue weighted by molar-refractivity contribution is 5.57. The molecule has 77 heavy (non-hydrogen) atoms. The summed E-state index contributed by atoms with van der Waals surface area (Å²) in [5.41, 5.74) is 0. The third-order valence-corrected chi connectivity index (χ3v) is 14.7. The Morgan fingerprint density at radius 1 is 0.221 bits per heavy atom. The SMILES string of the molecule is O=C[C@H]1O[C@@H]2O[C@H]3[C@@H](O)[C@H](O)[C@@H](O[C@H]4[C@@H](O)[C@H](O)[C@@H](O[C@H]5[C@H](O)[C@@H](O)[C@@H](O[C@H]6[C@H](O)[C@@H](O)[C@@H](O[C@H]7[C@H](O)[C@@H](O)[C@@H](O[C@H]8[C@H](O)[C@@H](O)[C@@H](O[C@H]1[C@H](O)[C@H]2O)O[C@H]8CO)O[C@@H]7CO)O[C@@H]6CO)O[C@@H]5CO)O[C@@H]4CO)O[C@@H]3CO. The number of carbonyl (C=O) groups is 1. The van der Waals surface area contributed by atoms with E-state index in [1.54, 1.807) is 0 Å². The quantitative estimate of drug-likeness (QED) is 0.105. The van der Waals surface area contributed by atoms with Gasteiger partial charge in [0.1, 0.15) is 171 Å². The molecular weight excluding hydrogens is 1060 g/mol. The smallest absolute Gasteiger partial charge is 0.187 e. The Balaban J connectivity index is 1.08. The average molecular weight is 1130 g/mol. The lowest BCUT2D eigenvalue weighted by molar-refractivity contribution is -0.396. The van der Waals surface area contributed by atoms with Gasteiger partial charge in [0.25, 0.3) is 0 Å². The molecule has 0 saturated carbocycles. The van der Waals surface area contributed by atoms with Crippen LogP contribution in [0, 0.1) is 0 Å². The van der Waals surface area contributed by atoms with E-state index < -0.39 is 255 Å². The normalized spacial score (nSPS) is 55.3. The van der Waals surface area contributed by atoms with Gasteiger partial charge in [0.2, 0.25) is 0 Å². The van der Waals surface area contributed by atoms with Crippen molar-refractivity contribution in [3.63, 3.8) is 0 Å². The van der Waals surface area contributed by atoms with E-state index in [1.165, 1.54) is 0 Å². The molecule has 14 bridgehead atoms. The molecule has 21 rings (SSSR count). The van der Waals surface area contributed by atoms with Crippen LogP contribution in [0.2, 0.25) is 0 Å². The molecule has 0 unspecified atom stereocenters. The van der Waals surface area contributed by atoms with Gasteiger partial charge >= 0.3 is 0 Å². The monoisotopic (exact) mass is 1130 g/mol. The van der Waals surface area contributed by atoms with Gasteiger partial charge < -0.3 is 173 Å². The van der Waals surface area contributed by atoms with Crippen LogP contribution in [0.3, 0.4) is 0 Å². The van der Waals surface area contributed by atoms with Crippen molar-refractivity contribution < 1.29 is 173 Å². The molecular formula is C42H68O35. The maximum atomic E-state index is 12.4. The van der Waals surface area contributed by atoms with E-state index in [9.17, 15) is 107 Å². The predicted molar refractivity (Wildman–Crippen MR) is 227 cm³/mol. The highest BCUT2D eigenvalue weighted by atomic mass is 16.8. The van der Waals surface area contributed by atoms with E-state index in [1.807, 2.05) is 0 Å². The minimum atomic E-state index is -2.25. The number of aliphatic hydroxyl groups excluding tert-OH is 20. The first-order valence-electron chi connectivity index (χ1n) is 24.5. The summed E-state index contributed by atoms with van der Waals surface area (Å²) in [7, 11) is 0. The van der Waals surface area contributed by atoms with E-state index in [2.05, 4.69) is 0 Å². The lowest BCUT2D eigenvalue weighted by Gasteiger charge is -2.50. The molecule has 21 saturated heterocycles. The number of carbonyl (C=O) groups excluding carboxylic acids is 1. The molecule has 0 radical (unpaired) electrons. The molecule has 0 amide bonds. The summed E-state index contributed by atoms with van der Waals surface area (Å²) in [6.07, 6.45) is -71.2. The Morgan fingerprint density at radius 3 is 0.545 bits per heavy atom. The fourth-order valence-electron chi connectivity index (χ4n) is 10.3. The molecule has 0 aromatic rings. The molecule has 446 valence electrons. The van der Waals surface area contributed by atoms with E-state index >= 15 is 0 Å². The summed E-state index contributed by atoms with van der Waals surface area (Å²) in [4.78, 5) is 12.4. The number of rotatable bonds is 7. The zero-order valence-electron chi connectivity index (χ0n) is 40.1. The third kappa shape index (κ3) is 12.0. The van der Waals surface area contributed by atoms with Crippen molar-refractivity contribution in [3.8, 4) is 0 Å². The first-order valence-corrected chi connectivity index (χ1v) is 24.5. The minimum Gasteiger partial charge on any atom is -0.394 e. The molecule has 35 nitrogen and oxygen atoms in total. The molecule has 21 heterocycles. The molecule has 0 aromatic carbocycles. The van der Waals surface area contributed by atoms with Crippen LogP contribution in [0.25, 0.3) is 0 Å². The van der Waals surface area contributed by atoms with Gasteiger partial charge in [-0.05, 0) is 0 Å². The van der Waals surface area contributed by atoms with Gasteiger partial charge in [-0.25, -0.2) is 0 Å².